The summed E-state index contributed by atoms with van der Waals surface area (Å²) in [6.45, 7) is 7.55. The third-order valence-corrected chi connectivity index (χ3v) is 3.74. The molecule has 1 rings (SSSR count). The van der Waals surface area contributed by atoms with Crippen LogP contribution in [0, 0.1) is 5.92 Å². The normalized spacial score (nSPS) is 17.1. The van der Waals surface area contributed by atoms with Crippen LogP contribution in [-0.4, -0.2) is 42.0 Å². The van der Waals surface area contributed by atoms with Crippen LogP contribution in [0.15, 0.2) is 4.99 Å². The summed E-state index contributed by atoms with van der Waals surface area (Å²) in [6, 6.07) is 0. The van der Waals surface area contributed by atoms with E-state index in [1.54, 1.807) is 0 Å². The number of nitrogens with zero attached hydrogens (tertiary/aromatic N) is 2. The summed E-state index contributed by atoms with van der Waals surface area (Å²) in [4.78, 5) is 6.66. The van der Waals surface area contributed by atoms with Gasteiger partial charge in [-0.1, -0.05) is 26.7 Å². The van der Waals surface area contributed by atoms with Crippen LogP contribution in [0.4, 0.5) is 0 Å². The molecule has 0 aromatic heterocycles. The maximum absolute atomic E-state index is 5.96. The van der Waals surface area contributed by atoms with Gasteiger partial charge in [-0.15, -0.1) is 24.0 Å². The highest BCUT2D eigenvalue weighted by molar-refractivity contribution is 14.0. The fourth-order valence-corrected chi connectivity index (χ4v) is 2.65. The Morgan fingerprint density at radius 2 is 1.94 bits per heavy atom. The highest BCUT2D eigenvalue weighted by atomic mass is 127. The molecule has 0 unspecified atom stereocenters. The van der Waals surface area contributed by atoms with E-state index in [0.717, 1.165) is 31.5 Å². The topological polar surface area (TPSA) is 41.6 Å². The van der Waals surface area contributed by atoms with Crippen LogP contribution in [0.5, 0.6) is 0 Å². The van der Waals surface area contributed by atoms with Crippen LogP contribution in [0.25, 0.3) is 0 Å². The molecule has 0 aliphatic carbocycles. The molecule has 0 spiro atoms. The second kappa shape index (κ2) is 10.3. The van der Waals surface area contributed by atoms with Crippen LogP contribution in [-0.2, 0) is 0 Å². The zero-order valence-electron chi connectivity index (χ0n) is 11.0. The first-order chi connectivity index (χ1) is 7.70. The van der Waals surface area contributed by atoms with Gasteiger partial charge in [0.1, 0.15) is 0 Å². The van der Waals surface area contributed by atoms with Gasteiger partial charge in [-0.3, -0.25) is 4.99 Å². The predicted octanol–water partition coefficient (Wildman–Crippen LogP) is 2.79. The molecule has 1 fully saturated rings. The van der Waals surface area contributed by atoms with Crippen molar-refractivity contribution in [2.45, 2.75) is 33.1 Å². The first-order valence-electron chi connectivity index (χ1n) is 6.32. The molecular weight excluding hydrogens is 345 g/mol. The van der Waals surface area contributed by atoms with Crippen LogP contribution < -0.4 is 5.73 Å². The lowest BCUT2D eigenvalue weighted by Gasteiger charge is -2.27. The summed E-state index contributed by atoms with van der Waals surface area (Å²) in [6.07, 6.45) is 3.74. The lowest BCUT2D eigenvalue weighted by molar-refractivity contribution is 0.454. The average Bonchev–Trinajstić information content (AvgIpc) is 2.29. The number of thioether (sulfide) groups is 1. The standard InChI is InChI=1S/C12H25N3S.HI/c1-11(2)5-3-4-6-14-12(13)15-7-9-16-10-8-15;/h11H,3-10H2,1-2H3,(H2,13,14);1H. The van der Waals surface area contributed by atoms with E-state index < -0.39 is 0 Å². The lowest BCUT2D eigenvalue weighted by atomic mass is 10.1. The molecule has 0 aromatic carbocycles. The molecule has 0 atom stereocenters. The van der Waals surface area contributed by atoms with Gasteiger partial charge in [0, 0.05) is 31.1 Å². The first kappa shape index (κ1) is 17.4. The first-order valence-corrected chi connectivity index (χ1v) is 7.48. The van der Waals surface area contributed by atoms with Crippen molar-refractivity contribution in [2.75, 3.05) is 31.1 Å². The SMILES string of the molecule is CC(C)CCCCN=C(N)N1CCSCC1.I. The molecule has 2 N–H and O–H groups in total. The Bertz CT molecular complexity index is 216. The zero-order valence-corrected chi connectivity index (χ0v) is 14.2. The fraction of sp³-hybridized carbons (Fsp3) is 0.917. The smallest absolute Gasteiger partial charge is 0.191 e. The van der Waals surface area contributed by atoms with Crippen LogP contribution in [0.3, 0.4) is 0 Å². The Kier molecular flexibility index (Phi) is 10.5. The quantitative estimate of drug-likeness (QED) is 0.350. The number of hydrogen-bond acceptors (Lipinski definition) is 2. The molecule has 17 heavy (non-hydrogen) atoms. The largest absolute Gasteiger partial charge is 0.370 e. The summed E-state index contributed by atoms with van der Waals surface area (Å²) in [7, 11) is 0. The number of hydrogen-bond donors (Lipinski definition) is 1. The lowest BCUT2D eigenvalue weighted by Crippen LogP contribution is -2.42. The molecular formula is C12H26IN3S. The minimum absolute atomic E-state index is 0. The van der Waals surface area contributed by atoms with Gasteiger partial charge in [0.2, 0.25) is 0 Å². The van der Waals surface area contributed by atoms with Crippen molar-refractivity contribution in [3.8, 4) is 0 Å². The summed E-state index contributed by atoms with van der Waals surface area (Å²) < 4.78 is 0. The van der Waals surface area contributed by atoms with Gasteiger partial charge in [0.15, 0.2) is 5.96 Å². The third kappa shape index (κ3) is 8.13. The van der Waals surface area contributed by atoms with Crippen molar-refractivity contribution in [1.29, 1.82) is 0 Å². The van der Waals surface area contributed by atoms with Gasteiger partial charge in [0.25, 0.3) is 0 Å². The number of nitrogens with two attached hydrogens (primary N) is 1. The molecule has 0 radical (unpaired) electrons. The summed E-state index contributed by atoms with van der Waals surface area (Å²) in [5.41, 5.74) is 5.96. The van der Waals surface area contributed by atoms with E-state index in [1.807, 2.05) is 11.8 Å². The van der Waals surface area contributed by atoms with Gasteiger partial charge in [0.05, 0.1) is 0 Å². The highest BCUT2D eigenvalue weighted by Crippen LogP contribution is 2.09. The van der Waals surface area contributed by atoms with Crippen molar-refractivity contribution >= 4 is 41.7 Å². The Labute approximate surface area is 127 Å². The average molecular weight is 371 g/mol. The van der Waals surface area contributed by atoms with E-state index in [-0.39, 0.29) is 24.0 Å². The van der Waals surface area contributed by atoms with Crippen molar-refractivity contribution in [3.63, 3.8) is 0 Å². The second-order valence-electron chi connectivity index (χ2n) is 4.73. The third-order valence-electron chi connectivity index (χ3n) is 2.80. The summed E-state index contributed by atoms with van der Waals surface area (Å²) >= 11 is 2.00. The Morgan fingerprint density at radius 1 is 1.29 bits per heavy atom. The van der Waals surface area contributed by atoms with E-state index in [2.05, 4.69) is 23.7 Å². The maximum Gasteiger partial charge on any atom is 0.191 e. The molecule has 1 heterocycles. The molecule has 1 saturated heterocycles. The maximum atomic E-state index is 5.96. The number of unbranched alkanes of at least 4 members (excludes halogenated alkanes) is 1. The molecule has 0 saturated carbocycles. The van der Waals surface area contributed by atoms with Crippen molar-refractivity contribution in [2.24, 2.45) is 16.6 Å². The minimum atomic E-state index is 0. The van der Waals surface area contributed by atoms with E-state index in [0.29, 0.717) is 0 Å². The number of guanidine groups is 1. The van der Waals surface area contributed by atoms with Gasteiger partial charge in [-0.2, -0.15) is 11.8 Å². The summed E-state index contributed by atoms with van der Waals surface area (Å²) in [5, 5.41) is 0. The van der Waals surface area contributed by atoms with Crippen molar-refractivity contribution in [3.05, 3.63) is 0 Å². The van der Waals surface area contributed by atoms with E-state index in [1.165, 1.54) is 30.8 Å². The number of rotatable bonds is 5. The summed E-state index contributed by atoms with van der Waals surface area (Å²) in [5.74, 6) is 3.93. The van der Waals surface area contributed by atoms with Gasteiger partial charge in [-0.05, 0) is 12.3 Å². The van der Waals surface area contributed by atoms with E-state index in [9.17, 15) is 0 Å². The molecule has 5 heteroatoms. The molecule has 0 bridgehead atoms. The van der Waals surface area contributed by atoms with Crippen molar-refractivity contribution in [1.82, 2.24) is 4.90 Å². The van der Waals surface area contributed by atoms with E-state index in [4.69, 9.17) is 5.73 Å². The number of aliphatic imine (C=N–C) groups is 1. The number of halogens is 1. The predicted molar refractivity (Wildman–Crippen MR) is 89.5 cm³/mol. The van der Waals surface area contributed by atoms with Gasteiger partial charge >= 0.3 is 0 Å². The second-order valence-corrected chi connectivity index (χ2v) is 5.95. The van der Waals surface area contributed by atoms with Crippen LogP contribution in [0.1, 0.15) is 33.1 Å². The Balaban J connectivity index is 0.00000256. The monoisotopic (exact) mass is 371 g/mol. The molecule has 102 valence electrons. The fourth-order valence-electron chi connectivity index (χ4n) is 1.75. The molecule has 0 amide bonds. The van der Waals surface area contributed by atoms with Crippen molar-refractivity contribution < 1.29 is 0 Å². The van der Waals surface area contributed by atoms with Gasteiger partial charge < -0.3 is 10.6 Å². The van der Waals surface area contributed by atoms with Crippen LogP contribution >= 0.6 is 35.7 Å². The Morgan fingerprint density at radius 3 is 2.53 bits per heavy atom. The molecule has 3 nitrogen and oxygen atoms in total. The zero-order chi connectivity index (χ0) is 11.8. The van der Waals surface area contributed by atoms with Crippen LogP contribution in [0.2, 0.25) is 0 Å². The van der Waals surface area contributed by atoms with E-state index >= 15 is 0 Å². The molecule has 1 aliphatic heterocycles. The highest BCUT2D eigenvalue weighted by Gasteiger charge is 2.11. The Hall–Kier alpha value is 0.350. The molecule has 0 aromatic rings. The molecule has 1 aliphatic rings. The van der Waals surface area contributed by atoms with Gasteiger partial charge in [-0.25, -0.2) is 0 Å². The minimum Gasteiger partial charge on any atom is -0.370 e.